The molecule has 0 radical (unpaired) electrons. The van der Waals surface area contributed by atoms with Crippen molar-refractivity contribution in [1.29, 1.82) is 0 Å². The van der Waals surface area contributed by atoms with Crippen LogP contribution < -0.4 is 0 Å². The van der Waals surface area contributed by atoms with Crippen LogP contribution in [0.5, 0.6) is 0 Å². The van der Waals surface area contributed by atoms with Crippen molar-refractivity contribution in [3.63, 3.8) is 0 Å². The van der Waals surface area contributed by atoms with Crippen LogP contribution in [-0.4, -0.2) is 13.8 Å². The van der Waals surface area contributed by atoms with Crippen molar-refractivity contribution in [3.05, 3.63) is 65.2 Å². The quantitative estimate of drug-likeness (QED) is 0.508. The van der Waals surface area contributed by atoms with Crippen LogP contribution in [0, 0.1) is 6.92 Å². The van der Waals surface area contributed by atoms with E-state index in [0.717, 1.165) is 23.5 Å². The van der Waals surface area contributed by atoms with E-state index in [1.54, 1.807) is 11.5 Å². The lowest BCUT2D eigenvalue weighted by atomic mass is 9.89. The third kappa shape index (κ3) is 2.42. The summed E-state index contributed by atoms with van der Waals surface area (Å²) in [7, 11) is 0. The largest absolute Gasteiger partial charge is 0.303 e. The van der Waals surface area contributed by atoms with Crippen LogP contribution in [0.15, 0.2) is 42.6 Å². The molecule has 3 heterocycles. The van der Waals surface area contributed by atoms with E-state index in [1.165, 1.54) is 21.3 Å². The number of nitrogens with zero attached hydrogens (tertiary/aromatic N) is 3. The van der Waals surface area contributed by atoms with Crippen LogP contribution in [0.1, 0.15) is 43.4 Å². The van der Waals surface area contributed by atoms with Crippen molar-refractivity contribution in [2.75, 3.05) is 0 Å². The second-order valence-corrected chi connectivity index (χ2v) is 8.15. The summed E-state index contributed by atoms with van der Waals surface area (Å²) in [6.45, 7) is 8.84. The number of imidazole rings is 1. The fraction of sp³-hybridized carbons (Fsp3) is 0.300. The molecule has 122 valence electrons. The van der Waals surface area contributed by atoms with Crippen molar-refractivity contribution in [2.45, 2.75) is 39.5 Å². The van der Waals surface area contributed by atoms with E-state index in [-0.39, 0.29) is 5.41 Å². The lowest BCUT2D eigenvalue weighted by Gasteiger charge is -2.17. The second kappa shape index (κ2) is 5.42. The van der Waals surface area contributed by atoms with Gasteiger partial charge in [0.25, 0.3) is 0 Å². The molecule has 24 heavy (non-hydrogen) atoms. The van der Waals surface area contributed by atoms with Crippen molar-refractivity contribution in [3.8, 4) is 0 Å². The molecule has 0 atom stereocenters. The number of hydrogen-bond acceptors (Lipinski definition) is 3. The molecule has 4 rings (SSSR count). The van der Waals surface area contributed by atoms with Crippen molar-refractivity contribution in [2.24, 2.45) is 0 Å². The number of pyridine rings is 1. The molecule has 0 amide bonds. The van der Waals surface area contributed by atoms with Crippen LogP contribution in [0.4, 0.5) is 0 Å². The maximum atomic E-state index is 4.91. The zero-order valence-electron chi connectivity index (χ0n) is 14.5. The van der Waals surface area contributed by atoms with E-state index in [1.807, 2.05) is 6.07 Å². The zero-order valence-corrected chi connectivity index (χ0v) is 15.3. The van der Waals surface area contributed by atoms with Gasteiger partial charge < -0.3 is 4.40 Å². The first-order valence-corrected chi connectivity index (χ1v) is 9.03. The van der Waals surface area contributed by atoms with E-state index >= 15 is 0 Å². The second-order valence-electron chi connectivity index (χ2n) is 7.34. The summed E-state index contributed by atoms with van der Waals surface area (Å²) in [5, 5.41) is 1.30. The molecule has 3 nitrogen and oxygen atoms in total. The van der Waals surface area contributed by atoms with Gasteiger partial charge in [-0.05, 0) is 42.2 Å². The standard InChI is InChI=1S/C20H21N3S/c1-13-8-7-9-16-18(13)14(22-24-16)12-15-19(20(2,3)4)21-17-10-5-6-11-23(15)17/h5-11H,12H2,1-4H3. The van der Waals surface area contributed by atoms with Crippen LogP contribution in [0.2, 0.25) is 0 Å². The third-order valence-electron chi connectivity index (χ3n) is 4.45. The Morgan fingerprint density at radius 1 is 1.08 bits per heavy atom. The summed E-state index contributed by atoms with van der Waals surface area (Å²) in [6.07, 6.45) is 2.91. The number of fused-ring (bicyclic) bond motifs is 2. The molecule has 0 unspecified atom stereocenters. The fourth-order valence-corrected chi connectivity index (χ4v) is 4.21. The highest BCUT2D eigenvalue weighted by molar-refractivity contribution is 7.13. The van der Waals surface area contributed by atoms with Gasteiger partial charge in [-0.3, -0.25) is 0 Å². The minimum Gasteiger partial charge on any atom is -0.303 e. The van der Waals surface area contributed by atoms with E-state index < -0.39 is 0 Å². The number of rotatable bonds is 2. The number of hydrogen-bond donors (Lipinski definition) is 0. The Kier molecular flexibility index (Phi) is 3.46. The Balaban J connectivity index is 1.93. The Morgan fingerprint density at radius 2 is 1.92 bits per heavy atom. The van der Waals surface area contributed by atoms with Crippen molar-refractivity contribution >= 4 is 27.3 Å². The number of benzene rings is 1. The van der Waals surface area contributed by atoms with Gasteiger partial charge in [0.2, 0.25) is 0 Å². The molecule has 0 spiro atoms. The minimum atomic E-state index is 0.00221. The lowest BCUT2D eigenvalue weighted by Crippen LogP contribution is -2.15. The van der Waals surface area contributed by atoms with Gasteiger partial charge in [-0.1, -0.05) is 39.0 Å². The third-order valence-corrected chi connectivity index (χ3v) is 5.30. The summed E-state index contributed by atoms with van der Waals surface area (Å²) in [6, 6.07) is 12.6. The predicted molar refractivity (Wildman–Crippen MR) is 101 cm³/mol. The summed E-state index contributed by atoms with van der Waals surface area (Å²) < 4.78 is 8.23. The van der Waals surface area contributed by atoms with Crippen LogP contribution in [0.25, 0.3) is 15.7 Å². The van der Waals surface area contributed by atoms with Gasteiger partial charge in [0.15, 0.2) is 0 Å². The van der Waals surface area contributed by atoms with Gasteiger partial charge in [0.1, 0.15) is 5.65 Å². The molecule has 4 heteroatoms. The normalized spacial score (nSPS) is 12.3. The van der Waals surface area contributed by atoms with Gasteiger partial charge in [-0.25, -0.2) is 4.98 Å². The highest BCUT2D eigenvalue weighted by atomic mass is 32.1. The molecule has 0 fully saturated rings. The fourth-order valence-electron chi connectivity index (χ4n) is 3.33. The SMILES string of the molecule is Cc1cccc2snc(Cc3c(C(C)(C)C)nc4ccccn34)c12. The highest BCUT2D eigenvalue weighted by Gasteiger charge is 2.25. The van der Waals surface area contributed by atoms with E-state index in [4.69, 9.17) is 9.36 Å². The maximum absolute atomic E-state index is 4.91. The molecule has 0 aliphatic rings. The summed E-state index contributed by atoms with van der Waals surface area (Å²) in [5.74, 6) is 0. The molecule has 0 saturated heterocycles. The van der Waals surface area contributed by atoms with Crippen LogP contribution in [0.3, 0.4) is 0 Å². The number of aromatic nitrogens is 3. The van der Waals surface area contributed by atoms with Gasteiger partial charge in [0, 0.05) is 23.4 Å². The first kappa shape index (κ1) is 15.3. The Hall–Kier alpha value is -2.20. The van der Waals surface area contributed by atoms with E-state index in [0.29, 0.717) is 0 Å². The van der Waals surface area contributed by atoms with Crippen LogP contribution in [-0.2, 0) is 11.8 Å². The summed E-state index contributed by atoms with van der Waals surface area (Å²) >= 11 is 1.59. The van der Waals surface area contributed by atoms with Crippen molar-refractivity contribution < 1.29 is 0 Å². The number of aryl methyl sites for hydroxylation is 1. The molecule has 0 aliphatic heterocycles. The van der Waals surface area contributed by atoms with E-state index in [9.17, 15) is 0 Å². The van der Waals surface area contributed by atoms with Gasteiger partial charge in [-0.2, -0.15) is 4.37 Å². The van der Waals surface area contributed by atoms with Gasteiger partial charge in [-0.15, -0.1) is 0 Å². The lowest BCUT2D eigenvalue weighted by molar-refractivity contribution is 0.565. The molecule has 0 saturated carbocycles. The molecular weight excluding hydrogens is 314 g/mol. The molecule has 1 aromatic carbocycles. The predicted octanol–water partition coefficient (Wildman–Crippen LogP) is 5.14. The van der Waals surface area contributed by atoms with Crippen molar-refractivity contribution in [1.82, 2.24) is 13.8 Å². The topological polar surface area (TPSA) is 30.2 Å². The molecule has 0 aliphatic carbocycles. The Morgan fingerprint density at radius 3 is 2.71 bits per heavy atom. The summed E-state index contributed by atoms with van der Waals surface area (Å²) in [4.78, 5) is 4.91. The maximum Gasteiger partial charge on any atom is 0.137 e. The average Bonchev–Trinajstić information content (AvgIpc) is 3.11. The monoisotopic (exact) mass is 335 g/mol. The van der Waals surface area contributed by atoms with Gasteiger partial charge in [0.05, 0.1) is 21.8 Å². The average molecular weight is 335 g/mol. The molecule has 0 bridgehead atoms. The Bertz CT molecular complexity index is 1030. The first-order valence-electron chi connectivity index (χ1n) is 8.25. The zero-order chi connectivity index (χ0) is 16.9. The van der Waals surface area contributed by atoms with Crippen LogP contribution >= 0.6 is 11.5 Å². The van der Waals surface area contributed by atoms with E-state index in [2.05, 4.69) is 68.6 Å². The Labute approximate surface area is 146 Å². The molecule has 0 N–H and O–H groups in total. The smallest absolute Gasteiger partial charge is 0.137 e. The first-order chi connectivity index (χ1) is 11.4. The molecule has 3 aromatic heterocycles. The molecular formula is C20H21N3S. The van der Waals surface area contributed by atoms with Gasteiger partial charge >= 0.3 is 0 Å². The minimum absolute atomic E-state index is 0.00221. The molecule has 4 aromatic rings. The summed E-state index contributed by atoms with van der Waals surface area (Å²) in [5.41, 5.74) is 5.86. The highest BCUT2D eigenvalue weighted by Crippen LogP contribution is 2.31.